The number of hydrogen-bond acceptors (Lipinski definition) is 10. The predicted molar refractivity (Wildman–Crippen MR) is 138 cm³/mol. The zero-order valence-corrected chi connectivity index (χ0v) is 28.8. The Bertz CT molecular complexity index is 1240. The molecule has 1 saturated heterocycles. The van der Waals surface area contributed by atoms with Gasteiger partial charge in [0.2, 0.25) is 5.95 Å². The van der Waals surface area contributed by atoms with Crippen LogP contribution in [-0.2, 0) is 15.6 Å². The van der Waals surface area contributed by atoms with Crippen LogP contribution >= 0.6 is 19.4 Å². The Morgan fingerprint density at radius 2 is 1.93 bits per heavy atom. The normalized spacial score (nSPS) is 21.2. The number of anilines is 2. The Kier molecular flexibility index (Phi) is 12.2. The summed E-state index contributed by atoms with van der Waals surface area (Å²) < 4.78 is 20.7. The van der Waals surface area contributed by atoms with Gasteiger partial charge in [0.15, 0.2) is 0 Å². The van der Waals surface area contributed by atoms with Crippen molar-refractivity contribution in [1.29, 1.82) is 0 Å². The molecule has 3 aliphatic rings. The first kappa shape index (κ1) is 34.1. The molecule has 1 amide bonds. The first-order chi connectivity index (χ1) is 18.1. The maximum atomic E-state index is 13.3. The molecule has 2 saturated carbocycles. The summed E-state index contributed by atoms with van der Waals surface area (Å²) in [6.07, 6.45) is 6.25. The van der Waals surface area contributed by atoms with Crippen LogP contribution in [0.4, 0.5) is 11.8 Å². The molecule has 1 aromatic carbocycles. The molecule has 206 valence electrons. The van der Waals surface area contributed by atoms with Crippen LogP contribution in [0.25, 0.3) is 0 Å². The van der Waals surface area contributed by atoms with Gasteiger partial charge in [-0.1, -0.05) is 17.7 Å². The standard InChI is InChI=1S/C25H33ClN5O6P.2Na/c1-36-21-7-2-16(12-20(21)26)13-27-22-19(14-28-24(30-22)31-11-10-25(15-31)8-9-25)23(32)29-17-3-5-18(6-4-17)37-38(33,34)35;;/h2,7,12,14,17-18H,3-6,8-11,13,15H2,1H3,(H,29,32)(H,27,28,30)(H2,33,34,35);;/q;2*+1/p-2. The number of phosphoric acid groups is 1. The topological polar surface area (TPSA) is 152 Å². The molecule has 5 rings (SSSR count). The molecule has 0 bridgehead atoms. The molecular formula is C25H31ClN5Na2O6P. The number of benzene rings is 1. The minimum Gasteiger partial charge on any atom is -0.790 e. The van der Waals surface area contributed by atoms with E-state index in [1.165, 1.54) is 12.8 Å². The van der Waals surface area contributed by atoms with E-state index in [1.807, 2.05) is 6.07 Å². The largest absolute Gasteiger partial charge is 1.00 e. The molecule has 0 atom stereocenters. The van der Waals surface area contributed by atoms with Crippen molar-refractivity contribution >= 4 is 37.1 Å². The fourth-order valence-electron chi connectivity index (χ4n) is 5.28. The van der Waals surface area contributed by atoms with Gasteiger partial charge in [0.05, 0.1) is 26.1 Å². The molecule has 40 heavy (non-hydrogen) atoms. The first-order valence-corrected chi connectivity index (χ1v) is 14.7. The number of methoxy groups -OCH3 is 1. The molecule has 2 heterocycles. The van der Waals surface area contributed by atoms with Crippen LogP contribution in [0.5, 0.6) is 5.75 Å². The third-order valence-corrected chi connectivity index (χ3v) is 8.51. The second kappa shape index (κ2) is 14.4. The van der Waals surface area contributed by atoms with Gasteiger partial charge in [0.25, 0.3) is 5.91 Å². The average molecular weight is 610 g/mol. The van der Waals surface area contributed by atoms with E-state index in [4.69, 9.17) is 21.3 Å². The van der Waals surface area contributed by atoms with Gasteiger partial charge in [-0.15, -0.1) is 0 Å². The quantitative estimate of drug-likeness (QED) is 0.218. The summed E-state index contributed by atoms with van der Waals surface area (Å²) in [5.74, 6) is 1.27. The van der Waals surface area contributed by atoms with Crippen molar-refractivity contribution in [3.63, 3.8) is 0 Å². The van der Waals surface area contributed by atoms with Gasteiger partial charge in [0, 0.05) is 31.9 Å². The van der Waals surface area contributed by atoms with Gasteiger partial charge in [0.1, 0.15) is 17.1 Å². The van der Waals surface area contributed by atoms with E-state index in [2.05, 4.69) is 25.0 Å². The first-order valence-electron chi connectivity index (χ1n) is 12.8. The number of phosphoric ester groups is 1. The summed E-state index contributed by atoms with van der Waals surface area (Å²) in [5.41, 5.74) is 1.62. The van der Waals surface area contributed by atoms with Crippen LogP contribution in [0.1, 0.15) is 60.9 Å². The molecule has 2 aliphatic carbocycles. The number of ether oxygens (including phenoxy) is 1. The molecule has 15 heteroatoms. The van der Waals surface area contributed by atoms with Crippen LogP contribution in [0, 0.1) is 5.41 Å². The molecule has 0 unspecified atom stereocenters. The van der Waals surface area contributed by atoms with Crippen molar-refractivity contribution in [2.45, 2.75) is 63.6 Å². The maximum Gasteiger partial charge on any atom is 1.00 e. The van der Waals surface area contributed by atoms with Crippen molar-refractivity contribution < 1.29 is 87.5 Å². The molecule has 2 N–H and O–H groups in total. The van der Waals surface area contributed by atoms with E-state index in [9.17, 15) is 19.1 Å². The maximum absolute atomic E-state index is 13.3. The molecule has 0 radical (unpaired) electrons. The van der Waals surface area contributed by atoms with Crippen LogP contribution < -0.4 is 89.2 Å². The van der Waals surface area contributed by atoms with E-state index in [-0.39, 0.29) is 71.1 Å². The number of nitrogens with zero attached hydrogens (tertiary/aromatic N) is 3. The van der Waals surface area contributed by atoms with E-state index >= 15 is 0 Å². The summed E-state index contributed by atoms with van der Waals surface area (Å²) in [5, 5.41) is 6.78. The van der Waals surface area contributed by atoms with Crippen molar-refractivity contribution in [1.82, 2.24) is 15.3 Å². The van der Waals surface area contributed by atoms with Gasteiger partial charge in [-0.25, -0.2) is 4.98 Å². The van der Waals surface area contributed by atoms with Crippen molar-refractivity contribution in [2.24, 2.45) is 5.41 Å². The van der Waals surface area contributed by atoms with Crippen LogP contribution in [-0.4, -0.2) is 48.2 Å². The monoisotopic (exact) mass is 609 g/mol. The molecular weight excluding hydrogens is 579 g/mol. The van der Waals surface area contributed by atoms with Gasteiger partial charge in [-0.2, -0.15) is 4.98 Å². The van der Waals surface area contributed by atoms with Gasteiger partial charge in [-0.05, 0) is 68.1 Å². The number of aromatic nitrogens is 2. The predicted octanol–water partition coefficient (Wildman–Crippen LogP) is -3.36. The summed E-state index contributed by atoms with van der Waals surface area (Å²) in [4.78, 5) is 46.5. The molecule has 3 fully saturated rings. The SMILES string of the molecule is COc1ccc(CNc2nc(N3CCC4(CC4)C3)ncc2C(=O)NC2CCC(OP(=O)([O-])[O-])CC2)cc1Cl.[Na+].[Na+]. The van der Waals surface area contributed by atoms with Crippen molar-refractivity contribution in [3.05, 3.63) is 40.5 Å². The molecule has 1 aromatic heterocycles. The minimum absolute atomic E-state index is 0. The van der Waals surface area contributed by atoms with Gasteiger partial charge >= 0.3 is 59.1 Å². The Balaban J connectivity index is 0.00000220. The van der Waals surface area contributed by atoms with Gasteiger partial charge < -0.3 is 39.1 Å². The second-order valence-corrected chi connectivity index (χ2v) is 11.9. The Morgan fingerprint density at radius 1 is 1.20 bits per heavy atom. The molecule has 11 nitrogen and oxygen atoms in total. The minimum atomic E-state index is -5.03. The number of nitrogens with one attached hydrogen (secondary N) is 2. The van der Waals surface area contributed by atoms with Gasteiger partial charge in [-0.3, -0.25) is 4.79 Å². The van der Waals surface area contributed by atoms with E-state index in [0.717, 1.165) is 25.1 Å². The zero-order chi connectivity index (χ0) is 26.9. The third-order valence-electron chi connectivity index (χ3n) is 7.66. The number of hydrogen-bond donors (Lipinski definition) is 2. The van der Waals surface area contributed by atoms with Crippen molar-refractivity contribution in [3.8, 4) is 5.75 Å². The molecule has 1 spiro atoms. The number of carbonyl (C=O) groups is 1. The summed E-state index contributed by atoms with van der Waals surface area (Å²) in [6, 6.07) is 5.30. The van der Waals surface area contributed by atoms with E-state index in [1.54, 1.807) is 25.4 Å². The van der Waals surface area contributed by atoms with Crippen LogP contribution in [0.3, 0.4) is 0 Å². The second-order valence-electron chi connectivity index (χ2n) is 10.4. The summed E-state index contributed by atoms with van der Waals surface area (Å²) in [7, 11) is -3.47. The average Bonchev–Trinajstić information content (AvgIpc) is 3.51. The molecule has 2 aromatic rings. The third kappa shape index (κ3) is 8.80. The van der Waals surface area contributed by atoms with Crippen molar-refractivity contribution in [2.75, 3.05) is 30.4 Å². The summed E-state index contributed by atoms with van der Waals surface area (Å²) >= 11 is 6.28. The Morgan fingerprint density at radius 3 is 2.52 bits per heavy atom. The fourth-order valence-corrected chi connectivity index (χ4v) is 6.14. The number of halogens is 1. The Labute approximate surface area is 283 Å². The number of carbonyl (C=O) groups excluding carboxylic acids is 1. The zero-order valence-electron chi connectivity index (χ0n) is 23.2. The number of rotatable bonds is 9. The van der Waals surface area contributed by atoms with Crippen LogP contribution in [0.15, 0.2) is 24.4 Å². The smallest absolute Gasteiger partial charge is 0.790 e. The Hall–Kier alpha value is -0.430. The fraction of sp³-hybridized carbons (Fsp3) is 0.560. The number of amides is 1. The molecule has 1 aliphatic heterocycles. The van der Waals surface area contributed by atoms with E-state index in [0.29, 0.717) is 65.7 Å². The van der Waals surface area contributed by atoms with E-state index < -0.39 is 13.9 Å². The van der Waals surface area contributed by atoms with Crippen LogP contribution in [0.2, 0.25) is 5.02 Å². The summed E-state index contributed by atoms with van der Waals surface area (Å²) in [6.45, 7) is 2.21.